The van der Waals surface area contributed by atoms with E-state index in [2.05, 4.69) is 5.32 Å². The minimum Gasteiger partial charge on any atom is -0.465 e. The van der Waals surface area contributed by atoms with Crippen LogP contribution >= 0.6 is 0 Å². The maximum absolute atomic E-state index is 12.0. The van der Waals surface area contributed by atoms with Gasteiger partial charge in [0, 0.05) is 11.3 Å². The quantitative estimate of drug-likeness (QED) is 0.571. The lowest BCUT2D eigenvalue weighted by Gasteiger charge is -2.03. The number of rotatable bonds is 5. The van der Waals surface area contributed by atoms with Crippen molar-refractivity contribution in [1.82, 2.24) is 0 Å². The Kier molecular flexibility index (Phi) is 4.20. The molecule has 5 heteroatoms. The lowest BCUT2D eigenvalue weighted by molar-refractivity contribution is 0.0996. The summed E-state index contributed by atoms with van der Waals surface area (Å²) in [4.78, 5) is 23.9. The molecule has 5 nitrogen and oxygen atoms in total. The molecule has 0 bridgehead atoms. The monoisotopic (exact) mass is 307 g/mol. The number of ketones is 1. The summed E-state index contributed by atoms with van der Waals surface area (Å²) in [5.74, 6) is 0.351. The van der Waals surface area contributed by atoms with Gasteiger partial charge in [0.25, 0.3) is 5.91 Å². The van der Waals surface area contributed by atoms with Crippen LogP contribution in [0.15, 0.2) is 76.0 Å². The Morgan fingerprint density at radius 1 is 0.913 bits per heavy atom. The normalized spacial score (nSPS) is 10.8. The van der Waals surface area contributed by atoms with Crippen LogP contribution in [0.4, 0.5) is 5.69 Å². The van der Waals surface area contributed by atoms with Gasteiger partial charge in [-0.05, 0) is 60.7 Å². The molecule has 0 aliphatic heterocycles. The van der Waals surface area contributed by atoms with E-state index in [1.54, 1.807) is 60.9 Å². The standard InChI is InChI=1S/C18H13NO4/c20-16(10-9-15-3-1-11-22-15)13-5-7-14(8-6-13)19-18(21)17-4-2-12-23-17/h1-12H,(H,19,21)/b10-9+. The summed E-state index contributed by atoms with van der Waals surface area (Å²) in [5, 5.41) is 2.69. The Hall–Kier alpha value is -3.34. The molecule has 0 saturated carbocycles. The van der Waals surface area contributed by atoms with Gasteiger partial charge < -0.3 is 14.2 Å². The molecule has 1 aromatic carbocycles. The number of furan rings is 2. The van der Waals surface area contributed by atoms with Crippen molar-refractivity contribution in [2.24, 2.45) is 0 Å². The second kappa shape index (κ2) is 6.62. The van der Waals surface area contributed by atoms with Crippen molar-refractivity contribution >= 4 is 23.5 Å². The van der Waals surface area contributed by atoms with E-state index in [0.717, 1.165) is 0 Å². The molecule has 2 heterocycles. The molecule has 0 aliphatic rings. The smallest absolute Gasteiger partial charge is 0.291 e. The zero-order valence-electron chi connectivity index (χ0n) is 12.1. The molecule has 2 aromatic heterocycles. The van der Waals surface area contributed by atoms with Crippen LogP contribution in [0.3, 0.4) is 0 Å². The Bertz CT molecular complexity index is 813. The Morgan fingerprint density at radius 2 is 1.65 bits per heavy atom. The molecule has 114 valence electrons. The van der Waals surface area contributed by atoms with Crippen LogP contribution in [0.25, 0.3) is 6.08 Å². The van der Waals surface area contributed by atoms with Gasteiger partial charge >= 0.3 is 0 Å². The van der Waals surface area contributed by atoms with Crippen molar-refractivity contribution in [2.75, 3.05) is 5.32 Å². The maximum Gasteiger partial charge on any atom is 0.291 e. The van der Waals surface area contributed by atoms with Crippen LogP contribution in [-0.2, 0) is 0 Å². The topological polar surface area (TPSA) is 72.5 Å². The van der Waals surface area contributed by atoms with Crippen molar-refractivity contribution in [3.05, 3.63) is 84.2 Å². The van der Waals surface area contributed by atoms with Gasteiger partial charge in [-0.3, -0.25) is 9.59 Å². The highest BCUT2D eigenvalue weighted by Crippen LogP contribution is 2.13. The molecule has 0 fully saturated rings. The van der Waals surface area contributed by atoms with Crippen LogP contribution in [0.1, 0.15) is 26.7 Å². The number of carbonyl (C=O) groups is 2. The van der Waals surface area contributed by atoms with Gasteiger partial charge in [0.2, 0.25) is 0 Å². The summed E-state index contributed by atoms with van der Waals surface area (Å²) in [5.41, 5.74) is 1.10. The second-order valence-corrected chi connectivity index (χ2v) is 4.72. The van der Waals surface area contributed by atoms with Gasteiger partial charge in [0.05, 0.1) is 12.5 Å². The summed E-state index contributed by atoms with van der Waals surface area (Å²) in [6, 6.07) is 13.3. The lowest BCUT2D eigenvalue weighted by atomic mass is 10.1. The molecular formula is C18H13NO4. The molecule has 1 N–H and O–H groups in total. The van der Waals surface area contributed by atoms with Crippen LogP contribution in [0.5, 0.6) is 0 Å². The average molecular weight is 307 g/mol. The van der Waals surface area contributed by atoms with Crippen molar-refractivity contribution < 1.29 is 18.4 Å². The van der Waals surface area contributed by atoms with Gasteiger partial charge in [-0.25, -0.2) is 0 Å². The molecule has 0 saturated heterocycles. The third kappa shape index (κ3) is 3.65. The highest BCUT2D eigenvalue weighted by Gasteiger charge is 2.09. The minimum atomic E-state index is -0.341. The van der Waals surface area contributed by atoms with Crippen LogP contribution < -0.4 is 5.32 Å². The zero-order chi connectivity index (χ0) is 16.1. The minimum absolute atomic E-state index is 0.148. The number of anilines is 1. The second-order valence-electron chi connectivity index (χ2n) is 4.72. The molecular weight excluding hydrogens is 294 g/mol. The molecule has 0 spiro atoms. The van der Waals surface area contributed by atoms with Crippen LogP contribution in [0.2, 0.25) is 0 Å². The van der Waals surface area contributed by atoms with Crippen molar-refractivity contribution in [3.63, 3.8) is 0 Å². The first-order chi connectivity index (χ1) is 11.2. The SMILES string of the molecule is O=C(/C=C/c1ccco1)c1ccc(NC(=O)c2ccco2)cc1. The fraction of sp³-hybridized carbons (Fsp3) is 0. The number of amides is 1. The summed E-state index contributed by atoms with van der Waals surface area (Å²) in [7, 11) is 0. The van der Waals surface area contributed by atoms with Gasteiger partial charge in [0.15, 0.2) is 11.5 Å². The number of benzene rings is 1. The van der Waals surface area contributed by atoms with Crippen molar-refractivity contribution in [3.8, 4) is 0 Å². The van der Waals surface area contributed by atoms with E-state index in [1.165, 1.54) is 12.3 Å². The molecule has 1 amide bonds. The van der Waals surface area contributed by atoms with E-state index in [0.29, 0.717) is 17.0 Å². The summed E-state index contributed by atoms with van der Waals surface area (Å²) in [6.07, 6.45) is 6.02. The summed E-state index contributed by atoms with van der Waals surface area (Å²) >= 11 is 0. The van der Waals surface area contributed by atoms with Crippen LogP contribution in [-0.4, -0.2) is 11.7 Å². The van der Waals surface area contributed by atoms with E-state index < -0.39 is 0 Å². The van der Waals surface area contributed by atoms with Gasteiger partial charge in [-0.1, -0.05) is 0 Å². The third-order valence-corrected chi connectivity index (χ3v) is 3.11. The third-order valence-electron chi connectivity index (χ3n) is 3.11. The largest absolute Gasteiger partial charge is 0.465 e. The number of nitrogens with one attached hydrogen (secondary N) is 1. The number of carbonyl (C=O) groups excluding carboxylic acids is 2. The van der Waals surface area contributed by atoms with E-state index in [4.69, 9.17) is 8.83 Å². The van der Waals surface area contributed by atoms with Gasteiger partial charge in [-0.15, -0.1) is 0 Å². The lowest BCUT2D eigenvalue weighted by Crippen LogP contribution is -2.10. The molecule has 0 aliphatic carbocycles. The molecule has 0 atom stereocenters. The van der Waals surface area contributed by atoms with Gasteiger partial charge in [-0.2, -0.15) is 0 Å². The average Bonchev–Trinajstić information content (AvgIpc) is 3.26. The fourth-order valence-corrected chi connectivity index (χ4v) is 1.96. The Balaban J connectivity index is 1.65. The first kappa shape index (κ1) is 14.6. The molecule has 3 aromatic rings. The highest BCUT2D eigenvalue weighted by atomic mass is 16.3. The highest BCUT2D eigenvalue weighted by molar-refractivity contribution is 6.07. The molecule has 3 rings (SSSR count). The van der Waals surface area contributed by atoms with E-state index in [1.807, 2.05) is 0 Å². The first-order valence-corrected chi connectivity index (χ1v) is 6.93. The van der Waals surface area contributed by atoms with E-state index in [-0.39, 0.29) is 17.5 Å². The summed E-state index contributed by atoms with van der Waals surface area (Å²) < 4.78 is 10.1. The first-order valence-electron chi connectivity index (χ1n) is 6.93. The van der Waals surface area contributed by atoms with E-state index in [9.17, 15) is 9.59 Å². The summed E-state index contributed by atoms with van der Waals surface area (Å²) in [6.45, 7) is 0. The van der Waals surface area contributed by atoms with Crippen molar-refractivity contribution in [2.45, 2.75) is 0 Å². The van der Waals surface area contributed by atoms with Crippen molar-refractivity contribution in [1.29, 1.82) is 0 Å². The predicted molar refractivity (Wildman–Crippen MR) is 85.2 cm³/mol. The Labute approximate surface area is 132 Å². The Morgan fingerprint density at radius 3 is 2.30 bits per heavy atom. The number of hydrogen-bond acceptors (Lipinski definition) is 4. The molecule has 0 radical (unpaired) electrons. The number of hydrogen-bond donors (Lipinski definition) is 1. The van der Waals surface area contributed by atoms with E-state index >= 15 is 0 Å². The molecule has 23 heavy (non-hydrogen) atoms. The molecule has 0 unspecified atom stereocenters. The van der Waals surface area contributed by atoms with Crippen LogP contribution in [0, 0.1) is 0 Å². The van der Waals surface area contributed by atoms with Gasteiger partial charge in [0.1, 0.15) is 5.76 Å². The number of allylic oxidation sites excluding steroid dienone is 1. The zero-order valence-corrected chi connectivity index (χ0v) is 12.1. The maximum atomic E-state index is 12.0. The fourth-order valence-electron chi connectivity index (χ4n) is 1.96. The predicted octanol–water partition coefficient (Wildman–Crippen LogP) is 4.02.